The van der Waals surface area contributed by atoms with Crippen LogP contribution in [0.3, 0.4) is 0 Å². The van der Waals surface area contributed by atoms with Crippen LogP contribution in [-0.2, 0) is 11.3 Å². The fourth-order valence-corrected chi connectivity index (χ4v) is 3.81. The summed E-state index contributed by atoms with van der Waals surface area (Å²) in [7, 11) is 0. The third-order valence-electron chi connectivity index (χ3n) is 5.39. The molecule has 0 N–H and O–H groups in total. The molecule has 1 amide bonds. The molecule has 0 radical (unpaired) electrons. The minimum absolute atomic E-state index is 0.121. The van der Waals surface area contributed by atoms with Crippen molar-refractivity contribution in [2.24, 2.45) is 4.99 Å². The molecule has 3 aromatic carbocycles. The van der Waals surface area contributed by atoms with E-state index < -0.39 is 0 Å². The average Bonchev–Trinajstić information content (AvgIpc) is 3.12. The molecule has 0 spiro atoms. The molecule has 168 valence electrons. The zero-order valence-electron chi connectivity index (χ0n) is 19.2. The number of rotatable bonds is 8. The fourth-order valence-electron chi connectivity index (χ4n) is 3.81. The van der Waals surface area contributed by atoms with Crippen LogP contribution in [0.5, 0.6) is 11.5 Å². The van der Waals surface area contributed by atoms with E-state index in [2.05, 4.69) is 0 Å². The molecule has 5 heteroatoms. The van der Waals surface area contributed by atoms with E-state index in [1.165, 1.54) is 0 Å². The van der Waals surface area contributed by atoms with E-state index in [9.17, 15) is 4.79 Å². The SMILES string of the molecule is CCOc1ccc(C=C2N=C(c3ccccc3C)N(Cc3ccccc3)C2=O)cc1OCC. The van der Waals surface area contributed by atoms with Gasteiger partial charge in [-0.15, -0.1) is 0 Å². The van der Waals surface area contributed by atoms with Gasteiger partial charge in [0.05, 0.1) is 19.8 Å². The highest BCUT2D eigenvalue weighted by Crippen LogP contribution is 2.31. The van der Waals surface area contributed by atoms with Crippen LogP contribution in [0.4, 0.5) is 0 Å². The Balaban J connectivity index is 1.74. The molecule has 0 bridgehead atoms. The summed E-state index contributed by atoms with van der Waals surface area (Å²) in [6.07, 6.45) is 1.81. The van der Waals surface area contributed by atoms with Crippen LogP contribution in [0.2, 0.25) is 0 Å². The van der Waals surface area contributed by atoms with Crippen molar-refractivity contribution >= 4 is 17.8 Å². The number of aryl methyl sites for hydroxylation is 1. The number of hydrogen-bond donors (Lipinski definition) is 0. The molecule has 3 aromatic rings. The van der Waals surface area contributed by atoms with Crippen molar-refractivity contribution in [3.63, 3.8) is 0 Å². The number of carbonyl (C=O) groups is 1. The maximum atomic E-state index is 13.5. The number of benzene rings is 3. The van der Waals surface area contributed by atoms with Gasteiger partial charge >= 0.3 is 0 Å². The Bertz CT molecular complexity index is 1200. The first kappa shape index (κ1) is 22.3. The molecule has 1 heterocycles. The normalized spacial score (nSPS) is 14.5. The molecule has 0 saturated carbocycles. The Morgan fingerprint density at radius 1 is 0.879 bits per heavy atom. The fraction of sp³-hybridized carbons (Fsp3) is 0.214. The van der Waals surface area contributed by atoms with E-state index in [1.54, 1.807) is 4.90 Å². The summed E-state index contributed by atoms with van der Waals surface area (Å²) in [6.45, 7) is 7.44. The van der Waals surface area contributed by atoms with Crippen LogP contribution in [-0.4, -0.2) is 29.9 Å². The van der Waals surface area contributed by atoms with Gasteiger partial charge < -0.3 is 9.47 Å². The molecule has 0 fully saturated rings. The van der Waals surface area contributed by atoms with E-state index in [0.29, 0.717) is 42.8 Å². The van der Waals surface area contributed by atoms with E-state index in [4.69, 9.17) is 14.5 Å². The van der Waals surface area contributed by atoms with Crippen molar-refractivity contribution in [1.29, 1.82) is 0 Å². The molecule has 0 atom stereocenters. The van der Waals surface area contributed by atoms with Gasteiger partial charge in [0.2, 0.25) is 0 Å². The lowest BCUT2D eigenvalue weighted by Crippen LogP contribution is -2.32. The number of ether oxygens (including phenoxy) is 2. The van der Waals surface area contributed by atoms with E-state index in [-0.39, 0.29) is 5.91 Å². The van der Waals surface area contributed by atoms with Crippen molar-refractivity contribution in [2.45, 2.75) is 27.3 Å². The van der Waals surface area contributed by atoms with Gasteiger partial charge in [-0.05, 0) is 55.7 Å². The first-order valence-electron chi connectivity index (χ1n) is 11.2. The maximum Gasteiger partial charge on any atom is 0.278 e. The van der Waals surface area contributed by atoms with Gasteiger partial charge in [0.25, 0.3) is 5.91 Å². The Kier molecular flexibility index (Phi) is 6.89. The number of amides is 1. The van der Waals surface area contributed by atoms with E-state index in [1.807, 2.05) is 99.6 Å². The number of carbonyl (C=O) groups excluding carboxylic acids is 1. The number of hydrogen-bond acceptors (Lipinski definition) is 4. The molecule has 33 heavy (non-hydrogen) atoms. The standard InChI is InChI=1S/C28H28N2O3/c1-4-32-25-16-15-22(18-26(25)33-5-2)17-24-28(31)30(19-21-12-7-6-8-13-21)27(29-24)23-14-10-9-11-20(23)3/h6-18H,4-5,19H2,1-3H3. The topological polar surface area (TPSA) is 51.1 Å². The molecule has 1 aliphatic rings. The second-order valence-electron chi connectivity index (χ2n) is 7.73. The molecule has 0 saturated heterocycles. The first-order chi connectivity index (χ1) is 16.1. The van der Waals surface area contributed by atoms with Crippen LogP contribution in [0, 0.1) is 6.92 Å². The third-order valence-corrected chi connectivity index (χ3v) is 5.39. The van der Waals surface area contributed by atoms with Gasteiger partial charge in [0.15, 0.2) is 11.5 Å². The highest BCUT2D eigenvalue weighted by molar-refractivity contribution is 6.20. The van der Waals surface area contributed by atoms with Crippen molar-refractivity contribution < 1.29 is 14.3 Å². The van der Waals surface area contributed by atoms with Gasteiger partial charge in [0, 0.05) is 5.56 Å². The summed E-state index contributed by atoms with van der Waals surface area (Å²) in [4.78, 5) is 20.0. The summed E-state index contributed by atoms with van der Waals surface area (Å²) >= 11 is 0. The monoisotopic (exact) mass is 440 g/mol. The average molecular weight is 441 g/mol. The Morgan fingerprint density at radius 2 is 1.58 bits per heavy atom. The van der Waals surface area contributed by atoms with Gasteiger partial charge in [-0.2, -0.15) is 0 Å². The molecule has 0 unspecified atom stereocenters. The molecule has 0 aliphatic carbocycles. The van der Waals surface area contributed by atoms with Crippen molar-refractivity contribution in [1.82, 2.24) is 4.90 Å². The second kappa shape index (κ2) is 10.2. The van der Waals surface area contributed by atoms with Crippen LogP contribution in [0.25, 0.3) is 6.08 Å². The van der Waals surface area contributed by atoms with Crippen LogP contribution in [0.1, 0.15) is 36.1 Å². The Morgan fingerprint density at radius 3 is 2.30 bits per heavy atom. The second-order valence-corrected chi connectivity index (χ2v) is 7.73. The highest BCUT2D eigenvalue weighted by atomic mass is 16.5. The van der Waals surface area contributed by atoms with Gasteiger partial charge in [-0.3, -0.25) is 9.69 Å². The summed E-state index contributed by atoms with van der Waals surface area (Å²) in [5, 5.41) is 0. The van der Waals surface area contributed by atoms with E-state index in [0.717, 1.165) is 22.3 Å². The summed E-state index contributed by atoms with van der Waals surface area (Å²) < 4.78 is 11.4. The Labute approximate surface area is 195 Å². The third kappa shape index (κ3) is 4.98. The molecule has 0 aromatic heterocycles. The van der Waals surface area contributed by atoms with Crippen molar-refractivity contribution in [3.05, 3.63) is 101 Å². The van der Waals surface area contributed by atoms with Gasteiger partial charge in [0.1, 0.15) is 11.5 Å². The molecular formula is C28H28N2O3. The largest absolute Gasteiger partial charge is 0.490 e. The summed E-state index contributed by atoms with van der Waals surface area (Å²) in [5.74, 6) is 1.89. The molecule has 5 nitrogen and oxygen atoms in total. The van der Waals surface area contributed by atoms with Crippen molar-refractivity contribution in [3.8, 4) is 11.5 Å². The van der Waals surface area contributed by atoms with E-state index >= 15 is 0 Å². The minimum Gasteiger partial charge on any atom is -0.490 e. The van der Waals surface area contributed by atoms with Crippen LogP contribution < -0.4 is 9.47 Å². The minimum atomic E-state index is -0.121. The van der Waals surface area contributed by atoms with Crippen molar-refractivity contribution in [2.75, 3.05) is 13.2 Å². The van der Waals surface area contributed by atoms with Crippen LogP contribution in [0.15, 0.2) is 83.5 Å². The lowest BCUT2D eigenvalue weighted by molar-refractivity contribution is -0.123. The maximum absolute atomic E-state index is 13.5. The smallest absolute Gasteiger partial charge is 0.278 e. The molecular weight excluding hydrogens is 412 g/mol. The predicted molar refractivity (Wildman–Crippen MR) is 131 cm³/mol. The zero-order valence-corrected chi connectivity index (χ0v) is 19.2. The Hall–Kier alpha value is -3.86. The summed E-state index contributed by atoms with van der Waals surface area (Å²) in [5.41, 5.74) is 4.30. The number of amidine groups is 1. The van der Waals surface area contributed by atoms with Crippen LogP contribution >= 0.6 is 0 Å². The number of nitrogens with zero attached hydrogens (tertiary/aromatic N) is 2. The molecule has 1 aliphatic heterocycles. The predicted octanol–water partition coefficient (Wildman–Crippen LogP) is 5.62. The van der Waals surface area contributed by atoms with Gasteiger partial charge in [-0.25, -0.2) is 4.99 Å². The lowest BCUT2D eigenvalue weighted by atomic mass is 10.1. The zero-order chi connectivity index (χ0) is 23.2. The van der Waals surface area contributed by atoms with Gasteiger partial charge in [-0.1, -0.05) is 60.7 Å². The quantitative estimate of drug-likeness (QED) is 0.427. The first-order valence-corrected chi connectivity index (χ1v) is 11.2. The molecule has 4 rings (SSSR count). The highest BCUT2D eigenvalue weighted by Gasteiger charge is 2.31. The lowest BCUT2D eigenvalue weighted by Gasteiger charge is -2.19. The number of aliphatic imine (C=N–C) groups is 1. The summed E-state index contributed by atoms with van der Waals surface area (Å²) in [6, 6.07) is 23.6.